The standard InChI is InChI=1S/C19H13Br2NO3S/c1-25-19(24)16-15(11-2-6-13(20)7-3-11)10-26-18(16)22-17(23)12-4-8-14(21)9-5-12/h2-10H,1H3,(H,22,23). The first-order valence-electron chi connectivity index (χ1n) is 7.52. The molecule has 0 radical (unpaired) electrons. The lowest BCUT2D eigenvalue weighted by molar-refractivity contribution is 0.0603. The summed E-state index contributed by atoms with van der Waals surface area (Å²) in [4.78, 5) is 24.8. The average Bonchev–Trinajstić information content (AvgIpc) is 3.05. The van der Waals surface area contributed by atoms with Gasteiger partial charge in [0.25, 0.3) is 5.91 Å². The Morgan fingerprint density at radius 3 is 2.12 bits per heavy atom. The average molecular weight is 495 g/mol. The molecule has 7 heteroatoms. The minimum Gasteiger partial charge on any atom is -0.465 e. The molecule has 0 bridgehead atoms. The Bertz CT molecular complexity index is 950. The zero-order chi connectivity index (χ0) is 18.7. The molecule has 0 unspecified atom stereocenters. The van der Waals surface area contributed by atoms with Gasteiger partial charge in [-0.05, 0) is 42.0 Å². The summed E-state index contributed by atoms with van der Waals surface area (Å²) < 4.78 is 6.76. The van der Waals surface area contributed by atoms with Crippen LogP contribution in [-0.4, -0.2) is 19.0 Å². The van der Waals surface area contributed by atoms with Gasteiger partial charge >= 0.3 is 5.97 Å². The summed E-state index contributed by atoms with van der Waals surface area (Å²) in [6.45, 7) is 0. The summed E-state index contributed by atoms with van der Waals surface area (Å²) in [5, 5.41) is 5.12. The number of hydrogen-bond donors (Lipinski definition) is 1. The zero-order valence-corrected chi connectivity index (χ0v) is 17.6. The fraction of sp³-hybridized carbons (Fsp3) is 0.0526. The molecule has 0 aliphatic rings. The lowest BCUT2D eigenvalue weighted by Crippen LogP contribution is -2.14. The molecule has 0 aliphatic carbocycles. The molecule has 3 aromatic rings. The van der Waals surface area contributed by atoms with Crippen molar-refractivity contribution in [2.45, 2.75) is 0 Å². The van der Waals surface area contributed by atoms with Gasteiger partial charge in [-0.2, -0.15) is 0 Å². The third kappa shape index (κ3) is 4.06. The van der Waals surface area contributed by atoms with Gasteiger partial charge in [0.1, 0.15) is 10.6 Å². The molecule has 0 saturated carbocycles. The number of carbonyl (C=O) groups is 2. The van der Waals surface area contributed by atoms with Gasteiger partial charge in [-0.25, -0.2) is 4.79 Å². The quantitative estimate of drug-likeness (QED) is 0.454. The van der Waals surface area contributed by atoms with Gasteiger partial charge in [0.2, 0.25) is 0 Å². The number of nitrogens with one attached hydrogen (secondary N) is 1. The number of esters is 1. The number of carbonyl (C=O) groups excluding carboxylic acids is 2. The second-order valence-electron chi connectivity index (χ2n) is 5.31. The normalized spacial score (nSPS) is 10.4. The smallest absolute Gasteiger partial charge is 0.341 e. The van der Waals surface area contributed by atoms with Gasteiger partial charge in [0, 0.05) is 25.5 Å². The van der Waals surface area contributed by atoms with Crippen LogP contribution in [0.3, 0.4) is 0 Å². The molecule has 2 aromatic carbocycles. The van der Waals surface area contributed by atoms with Crippen molar-refractivity contribution in [2.24, 2.45) is 0 Å². The van der Waals surface area contributed by atoms with Gasteiger partial charge in [-0.3, -0.25) is 4.79 Å². The lowest BCUT2D eigenvalue weighted by Gasteiger charge is -2.08. The molecule has 0 saturated heterocycles. The number of amides is 1. The van der Waals surface area contributed by atoms with Gasteiger partial charge in [-0.1, -0.05) is 44.0 Å². The van der Waals surface area contributed by atoms with Gasteiger partial charge in [-0.15, -0.1) is 11.3 Å². The van der Waals surface area contributed by atoms with E-state index in [0.29, 0.717) is 16.1 Å². The monoisotopic (exact) mass is 493 g/mol. The zero-order valence-electron chi connectivity index (χ0n) is 13.6. The highest BCUT2D eigenvalue weighted by molar-refractivity contribution is 9.10. The van der Waals surface area contributed by atoms with Crippen LogP contribution in [0, 0.1) is 0 Å². The SMILES string of the molecule is COC(=O)c1c(-c2ccc(Br)cc2)csc1NC(=O)c1ccc(Br)cc1. The first kappa shape index (κ1) is 18.8. The van der Waals surface area contributed by atoms with Crippen molar-refractivity contribution in [3.63, 3.8) is 0 Å². The molecule has 4 nitrogen and oxygen atoms in total. The maximum absolute atomic E-state index is 12.5. The Morgan fingerprint density at radius 1 is 0.962 bits per heavy atom. The van der Waals surface area contributed by atoms with E-state index >= 15 is 0 Å². The summed E-state index contributed by atoms with van der Waals surface area (Å²) in [7, 11) is 1.33. The van der Waals surface area contributed by atoms with E-state index in [-0.39, 0.29) is 5.91 Å². The molecule has 0 aliphatic heterocycles. The Morgan fingerprint density at radius 2 is 1.54 bits per heavy atom. The van der Waals surface area contributed by atoms with Crippen molar-refractivity contribution < 1.29 is 14.3 Å². The molecule has 3 rings (SSSR count). The number of rotatable bonds is 4. The second kappa shape index (κ2) is 8.16. The molecule has 1 amide bonds. The van der Waals surface area contributed by atoms with Crippen molar-refractivity contribution in [3.8, 4) is 11.1 Å². The Kier molecular flexibility index (Phi) is 5.90. The fourth-order valence-electron chi connectivity index (χ4n) is 2.37. The molecule has 0 atom stereocenters. The Balaban J connectivity index is 1.96. The first-order chi connectivity index (χ1) is 12.5. The van der Waals surface area contributed by atoms with E-state index in [4.69, 9.17) is 4.74 Å². The highest BCUT2D eigenvalue weighted by atomic mass is 79.9. The third-order valence-electron chi connectivity index (χ3n) is 3.67. The van der Waals surface area contributed by atoms with Crippen LogP contribution in [0.2, 0.25) is 0 Å². The predicted molar refractivity (Wildman–Crippen MR) is 111 cm³/mol. The summed E-state index contributed by atoms with van der Waals surface area (Å²) in [5.74, 6) is -0.776. The molecule has 1 aromatic heterocycles. The van der Waals surface area contributed by atoms with Crippen LogP contribution in [0.5, 0.6) is 0 Å². The lowest BCUT2D eigenvalue weighted by atomic mass is 10.0. The summed E-state index contributed by atoms with van der Waals surface area (Å²) in [6, 6.07) is 14.6. The van der Waals surface area contributed by atoms with Crippen LogP contribution in [0.25, 0.3) is 11.1 Å². The molecule has 1 heterocycles. The number of halogens is 2. The summed E-state index contributed by atoms with van der Waals surface area (Å²) >= 11 is 8.03. The minimum atomic E-state index is -0.490. The molecule has 1 N–H and O–H groups in total. The van der Waals surface area contributed by atoms with Crippen molar-refractivity contribution in [2.75, 3.05) is 12.4 Å². The van der Waals surface area contributed by atoms with E-state index in [1.807, 2.05) is 29.6 Å². The van der Waals surface area contributed by atoms with Gasteiger partial charge < -0.3 is 10.1 Å². The van der Waals surface area contributed by atoms with E-state index in [0.717, 1.165) is 20.1 Å². The van der Waals surface area contributed by atoms with Crippen LogP contribution in [-0.2, 0) is 4.74 Å². The largest absolute Gasteiger partial charge is 0.465 e. The molecule has 0 fully saturated rings. The van der Waals surface area contributed by atoms with Gasteiger partial charge in [0.05, 0.1) is 7.11 Å². The summed E-state index contributed by atoms with van der Waals surface area (Å²) in [5.41, 5.74) is 2.45. The Hall–Kier alpha value is -1.96. The van der Waals surface area contributed by atoms with E-state index in [1.165, 1.54) is 18.4 Å². The van der Waals surface area contributed by atoms with Crippen LogP contribution >= 0.6 is 43.2 Å². The Labute approximate surface area is 171 Å². The number of ether oxygens (including phenoxy) is 1. The number of thiophene rings is 1. The second-order valence-corrected chi connectivity index (χ2v) is 8.02. The van der Waals surface area contributed by atoms with Crippen LogP contribution in [0.15, 0.2) is 62.9 Å². The van der Waals surface area contributed by atoms with E-state index in [1.54, 1.807) is 24.3 Å². The number of methoxy groups -OCH3 is 1. The van der Waals surface area contributed by atoms with Crippen LogP contribution in [0.4, 0.5) is 5.00 Å². The number of hydrogen-bond acceptors (Lipinski definition) is 4. The molecule has 0 spiro atoms. The topological polar surface area (TPSA) is 55.4 Å². The number of benzene rings is 2. The third-order valence-corrected chi connectivity index (χ3v) is 5.62. The van der Waals surface area contributed by atoms with Crippen molar-refractivity contribution in [1.82, 2.24) is 0 Å². The minimum absolute atomic E-state index is 0.285. The van der Waals surface area contributed by atoms with Crippen molar-refractivity contribution in [1.29, 1.82) is 0 Å². The molecule has 132 valence electrons. The van der Waals surface area contributed by atoms with Crippen molar-refractivity contribution in [3.05, 3.63) is 74.0 Å². The molecular weight excluding hydrogens is 482 g/mol. The summed E-state index contributed by atoms with van der Waals surface area (Å²) in [6.07, 6.45) is 0. The number of anilines is 1. The molecule has 26 heavy (non-hydrogen) atoms. The van der Waals surface area contributed by atoms with E-state index < -0.39 is 5.97 Å². The van der Waals surface area contributed by atoms with Crippen molar-refractivity contribution >= 4 is 60.1 Å². The van der Waals surface area contributed by atoms with Gasteiger partial charge in [0.15, 0.2) is 0 Å². The van der Waals surface area contributed by atoms with Crippen LogP contribution < -0.4 is 5.32 Å². The first-order valence-corrected chi connectivity index (χ1v) is 9.99. The van der Waals surface area contributed by atoms with E-state index in [2.05, 4.69) is 37.2 Å². The highest BCUT2D eigenvalue weighted by Crippen LogP contribution is 2.36. The predicted octanol–water partition coefficient (Wildman–Crippen LogP) is 5.98. The maximum atomic E-state index is 12.5. The maximum Gasteiger partial charge on any atom is 0.341 e. The van der Waals surface area contributed by atoms with E-state index in [9.17, 15) is 9.59 Å². The fourth-order valence-corrected chi connectivity index (χ4v) is 3.85. The van der Waals surface area contributed by atoms with Crippen LogP contribution in [0.1, 0.15) is 20.7 Å². The molecular formula is C19H13Br2NO3S. The highest BCUT2D eigenvalue weighted by Gasteiger charge is 2.22.